The molecule has 198 valence electrons. The fourth-order valence-corrected chi connectivity index (χ4v) is 4.30. The van der Waals surface area contributed by atoms with E-state index in [1.165, 1.54) is 11.3 Å². The van der Waals surface area contributed by atoms with Gasteiger partial charge in [-0.05, 0) is 40.8 Å². The van der Waals surface area contributed by atoms with E-state index in [9.17, 15) is 14.4 Å². The molecule has 0 aliphatic heterocycles. The number of nitrogens with two attached hydrogens (primary N) is 2. The quantitative estimate of drug-likeness (QED) is 0.294. The summed E-state index contributed by atoms with van der Waals surface area (Å²) in [5.41, 5.74) is 12.6. The summed E-state index contributed by atoms with van der Waals surface area (Å²) < 4.78 is 5.00. The molecule has 0 unspecified atom stereocenters. The number of fused-ring (bicyclic) bond motifs is 1. The van der Waals surface area contributed by atoms with Crippen LogP contribution in [0.25, 0.3) is 21.3 Å². The summed E-state index contributed by atoms with van der Waals surface area (Å²) in [7, 11) is 0. The molecule has 2 heterocycles. The average Bonchev–Trinajstić information content (AvgIpc) is 3.38. The first kappa shape index (κ1) is 27.3. The summed E-state index contributed by atoms with van der Waals surface area (Å²) >= 11 is 1.43. The SMILES string of the molecule is CC(C)C[C@H](NC(=O)OCc1ccncc1)C(N)=O.NC(=O)c1csc(-c2cccc3ccccc23)n1.[HH].[HH].[HH]. The van der Waals surface area contributed by atoms with Gasteiger partial charge in [0, 0.05) is 27.6 Å². The van der Waals surface area contributed by atoms with Gasteiger partial charge in [0.1, 0.15) is 23.4 Å². The minimum atomic E-state index is -0.704. The van der Waals surface area contributed by atoms with Crippen LogP contribution in [0.4, 0.5) is 4.79 Å². The number of thiazole rings is 1. The summed E-state index contributed by atoms with van der Waals surface area (Å²) in [6.07, 6.45) is 3.06. The van der Waals surface area contributed by atoms with Gasteiger partial charge in [-0.1, -0.05) is 56.3 Å². The second-order valence-electron chi connectivity index (χ2n) is 8.59. The number of alkyl carbamates (subject to hydrolysis) is 1. The minimum absolute atomic E-state index is 0. The highest BCUT2D eigenvalue weighted by atomic mass is 32.1. The van der Waals surface area contributed by atoms with E-state index >= 15 is 0 Å². The number of ether oxygens (including phenoxy) is 1. The summed E-state index contributed by atoms with van der Waals surface area (Å²) in [6, 6.07) is 16.9. The number of carbonyl (C=O) groups excluding carboxylic acids is 3. The maximum Gasteiger partial charge on any atom is 0.408 e. The van der Waals surface area contributed by atoms with Crippen molar-refractivity contribution in [2.24, 2.45) is 17.4 Å². The van der Waals surface area contributed by atoms with E-state index in [0.717, 1.165) is 26.9 Å². The van der Waals surface area contributed by atoms with E-state index in [2.05, 4.69) is 33.5 Å². The molecule has 4 aromatic rings. The van der Waals surface area contributed by atoms with Crippen molar-refractivity contribution in [1.82, 2.24) is 15.3 Å². The summed E-state index contributed by atoms with van der Waals surface area (Å²) in [5.74, 6) is -0.801. The molecule has 0 radical (unpaired) electrons. The van der Waals surface area contributed by atoms with Crippen LogP contribution >= 0.6 is 11.3 Å². The number of nitrogens with one attached hydrogen (secondary N) is 1. The highest BCUT2D eigenvalue weighted by Crippen LogP contribution is 2.30. The third-order valence-electron chi connectivity index (χ3n) is 5.24. The lowest BCUT2D eigenvalue weighted by Gasteiger charge is -2.17. The molecule has 5 N–H and O–H groups in total. The number of pyridine rings is 1. The molecule has 0 aliphatic carbocycles. The van der Waals surface area contributed by atoms with Gasteiger partial charge in [-0.3, -0.25) is 14.6 Å². The Hall–Kier alpha value is -4.31. The Bertz CT molecular complexity index is 1370. The average molecular weight is 526 g/mol. The standard InChI is InChI=1S/C14H10N2OS.C13H19N3O3.3H2/c15-13(17)12-8-18-14(16-12)11-7-3-5-9-4-1-2-6-10(9)11;1-9(2)7-11(12(14)17)16-13(18)19-8-10-3-5-15-6-4-10;;;/h1-8H,(H2,15,17);3-6,9,11H,7-8H2,1-2H3,(H2,14,17)(H,16,18);3*1H/t;11-;;;/m.0.../s1. The molecule has 0 spiro atoms. The largest absolute Gasteiger partial charge is 0.445 e. The van der Waals surface area contributed by atoms with Gasteiger partial charge in [0.25, 0.3) is 5.91 Å². The molecule has 2 aromatic heterocycles. The zero-order valence-corrected chi connectivity index (χ0v) is 21.4. The predicted molar refractivity (Wildman–Crippen MR) is 150 cm³/mol. The fourth-order valence-electron chi connectivity index (χ4n) is 3.45. The Balaban J connectivity index is 0.000000707. The van der Waals surface area contributed by atoms with Gasteiger partial charge >= 0.3 is 6.09 Å². The van der Waals surface area contributed by atoms with Gasteiger partial charge in [-0.25, -0.2) is 9.78 Å². The van der Waals surface area contributed by atoms with E-state index in [4.69, 9.17) is 16.2 Å². The number of nitrogens with zero attached hydrogens (tertiary/aromatic N) is 2. The molecule has 2 aromatic carbocycles. The third-order valence-corrected chi connectivity index (χ3v) is 6.11. The zero-order chi connectivity index (χ0) is 26.8. The lowest BCUT2D eigenvalue weighted by Crippen LogP contribution is -2.45. The summed E-state index contributed by atoms with van der Waals surface area (Å²) in [5, 5.41) is 7.27. The Morgan fingerprint density at radius 2 is 1.73 bits per heavy atom. The molecule has 9 nitrogen and oxygen atoms in total. The number of hydrogen-bond donors (Lipinski definition) is 3. The van der Waals surface area contributed by atoms with E-state index in [1.54, 1.807) is 29.9 Å². The first-order valence-electron chi connectivity index (χ1n) is 11.6. The molecule has 0 saturated carbocycles. The van der Waals surface area contributed by atoms with Crippen LogP contribution in [0.5, 0.6) is 0 Å². The number of primary amides is 2. The molecule has 0 fully saturated rings. The number of carbonyl (C=O) groups is 3. The van der Waals surface area contributed by atoms with Crippen LogP contribution in [0.1, 0.15) is 40.6 Å². The maximum absolute atomic E-state index is 11.6. The van der Waals surface area contributed by atoms with Crippen molar-refractivity contribution >= 4 is 40.0 Å². The Morgan fingerprint density at radius 3 is 2.38 bits per heavy atom. The first-order chi connectivity index (χ1) is 17.7. The Labute approximate surface area is 223 Å². The molecular formula is C27H35N5O4S. The van der Waals surface area contributed by atoms with Gasteiger partial charge in [-0.2, -0.15) is 0 Å². The lowest BCUT2D eigenvalue weighted by atomic mass is 10.0. The van der Waals surface area contributed by atoms with Gasteiger partial charge in [0.05, 0.1) is 0 Å². The number of amides is 3. The van der Waals surface area contributed by atoms with E-state index in [1.807, 2.05) is 38.1 Å². The highest BCUT2D eigenvalue weighted by molar-refractivity contribution is 7.13. The van der Waals surface area contributed by atoms with Crippen molar-refractivity contribution in [1.29, 1.82) is 0 Å². The van der Waals surface area contributed by atoms with Gasteiger partial charge in [-0.15, -0.1) is 11.3 Å². The second kappa shape index (κ2) is 13.1. The monoisotopic (exact) mass is 525 g/mol. The molecule has 0 saturated heterocycles. The van der Waals surface area contributed by atoms with Crippen molar-refractivity contribution in [3.05, 3.63) is 83.6 Å². The van der Waals surface area contributed by atoms with Crippen LogP contribution < -0.4 is 16.8 Å². The Kier molecular flexibility index (Phi) is 9.68. The van der Waals surface area contributed by atoms with Crippen LogP contribution in [0.15, 0.2) is 72.4 Å². The Morgan fingerprint density at radius 1 is 1.03 bits per heavy atom. The van der Waals surface area contributed by atoms with Gasteiger partial charge in [0.15, 0.2) is 0 Å². The third kappa shape index (κ3) is 8.11. The van der Waals surface area contributed by atoms with E-state index in [-0.39, 0.29) is 16.8 Å². The normalized spacial score (nSPS) is 11.3. The van der Waals surface area contributed by atoms with Gasteiger partial charge in [0.2, 0.25) is 5.91 Å². The second-order valence-corrected chi connectivity index (χ2v) is 9.45. The zero-order valence-electron chi connectivity index (χ0n) is 20.6. The first-order valence-corrected chi connectivity index (χ1v) is 12.5. The number of aromatic nitrogens is 2. The van der Waals surface area contributed by atoms with Gasteiger partial charge < -0.3 is 21.5 Å². The molecule has 10 heteroatoms. The molecular weight excluding hydrogens is 490 g/mol. The number of rotatable bonds is 8. The summed E-state index contributed by atoms with van der Waals surface area (Å²) in [4.78, 5) is 42.0. The van der Waals surface area contributed by atoms with Crippen LogP contribution in [0, 0.1) is 5.92 Å². The van der Waals surface area contributed by atoms with Crippen molar-refractivity contribution in [3.63, 3.8) is 0 Å². The van der Waals surface area contributed by atoms with Crippen molar-refractivity contribution in [2.75, 3.05) is 0 Å². The lowest BCUT2D eigenvalue weighted by molar-refractivity contribution is -0.120. The van der Waals surface area contributed by atoms with E-state index < -0.39 is 23.9 Å². The molecule has 4 rings (SSSR count). The predicted octanol–water partition coefficient (Wildman–Crippen LogP) is 5.01. The molecule has 1 atom stereocenters. The van der Waals surface area contributed by atoms with Crippen LogP contribution in [-0.2, 0) is 16.1 Å². The topological polar surface area (TPSA) is 150 Å². The molecule has 0 bridgehead atoms. The van der Waals surface area contributed by atoms with Crippen molar-refractivity contribution in [3.8, 4) is 10.6 Å². The molecule has 0 aliphatic rings. The van der Waals surface area contributed by atoms with Crippen molar-refractivity contribution < 1.29 is 23.4 Å². The van der Waals surface area contributed by atoms with Crippen molar-refractivity contribution in [2.45, 2.75) is 32.9 Å². The van der Waals surface area contributed by atoms with Crippen LogP contribution in [-0.4, -0.2) is 33.9 Å². The fraction of sp³-hybridized carbons (Fsp3) is 0.222. The minimum Gasteiger partial charge on any atom is -0.445 e. The number of hydrogen-bond acceptors (Lipinski definition) is 7. The number of benzene rings is 2. The highest BCUT2D eigenvalue weighted by Gasteiger charge is 2.20. The maximum atomic E-state index is 11.6. The molecule has 3 amide bonds. The van der Waals surface area contributed by atoms with Crippen LogP contribution in [0.3, 0.4) is 0 Å². The summed E-state index contributed by atoms with van der Waals surface area (Å²) in [6.45, 7) is 4.02. The molecule has 37 heavy (non-hydrogen) atoms. The smallest absolute Gasteiger partial charge is 0.408 e. The van der Waals surface area contributed by atoms with E-state index in [0.29, 0.717) is 12.1 Å². The van der Waals surface area contributed by atoms with Crippen LogP contribution in [0.2, 0.25) is 0 Å².